The van der Waals surface area contributed by atoms with Crippen LogP contribution in [0.25, 0.3) is 11.6 Å². The largest absolute Gasteiger partial charge is 0.457 e. The number of esters is 1. The first-order chi connectivity index (χ1) is 21.6. The second-order valence-corrected chi connectivity index (χ2v) is 13.8. The number of benzene rings is 2. The van der Waals surface area contributed by atoms with Crippen molar-refractivity contribution in [1.29, 1.82) is 0 Å². The van der Waals surface area contributed by atoms with Crippen molar-refractivity contribution in [3.05, 3.63) is 89.8 Å². The van der Waals surface area contributed by atoms with E-state index in [4.69, 9.17) is 24.5 Å². The molecule has 2 aromatic carbocycles. The first-order valence-electron chi connectivity index (χ1n) is 16.5. The van der Waals surface area contributed by atoms with Gasteiger partial charge in [-0.2, -0.15) is 4.98 Å². The molecule has 4 aromatic rings. The Balaban J connectivity index is 1.04. The molecule has 44 heavy (non-hydrogen) atoms. The first kappa shape index (κ1) is 27.7. The summed E-state index contributed by atoms with van der Waals surface area (Å²) in [5, 5.41) is 4.93. The summed E-state index contributed by atoms with van der Waals surface area (Å²) in [7, 11) is 0. The Morgan fingerprint density at radius 1 is 0.864 bits per heavy atom. The van der Waals surface area contributed by atoms with Crippen molar-refractivity contribution in [2.45, 2.75) is 95.4 Å². The lowest BCUT2D eigenvalue weighted by Crippen LogP contribution is -2.51. The molecule has 9 rings (SSSR count). The standard InChI is InChI=1S/C36H41N5O3/c42-34(43-22-25-8-3-1-4-9-25)30-12-7-13-31(17-30)40-24-38-35(39-40)41-32(21-37-33(41)29-10-5-2-6-11-29)23-44-36-18-26-14-27(19-36)16-28(15-26)20-36/h1,3-4,7-9,12-13,17,21,24,26-29H,2,5-6,10-11,14-16,18-20,22-23H2. The quantitative estimate of drug-likeness (QED) is 0.189. The van der Waals surface area contributed by atoms with Crippen LogP contribution in [0.3, 0.4) is 0 Å². The lowest BCUT2D eigenvalue weighted by Gasteiger charge is -2.56. The van der Waals surface area contributed by atoms with E-state index >= 15 is 0 Å². The van der Waals surface area contributed by atoms with Gasteiger partial charge in [0.25, 0.3) is 5.95 Å². The summed E-state index contributed by atoms with van der Waals surface area (Å²) in [6.45, 7) is 0.763. The number of carbonyl (C=O) groups excluding carboxylic acids is 1. The molecule has 0 N–H and O–H groups in total. The Labute approximate surface area is 258 Å². The molecule has 4 bridgehead atoms. The summed E-state index contributed by atoms with van der Waals surface area (Å²) in [6.07, 6.45) is 17.6. The Morgan fingerprint density at radius 2 is 1.61 bits per heavy atom. The van der Waals surface area contributed by atoms with Gasteiger partial charge in [-0.25, -0.2) is 14.5 Å². The Kier molecular flexibility index (Phi) is 7.33. The fraction of sp³-hybridized carbons (Fsp3) is 0.500. The normalized spacial score (nSPS) is 26.2. The van der Waals surface area contributed by atoms with E-state index in [0.717, 1.165) is 53.4 Å². The number of nitrogens with zero attached hydrogens (tertiary/aromatic N) is 5. The van der Waals surface area contributed by atoms with Crippen LogP contribution in [-0.4, -0.2) is 35.9 Å². The fourth-order valence-corrected chi connectivity index (χ4v) is 8.88. The molecular formula is C36H41N5O3. The van der Waals surface area contributed by atoms with E-state index in [0.29, 0.717) is 24.0 Å². The van der Waals surface area contributed by atoms with Gasteiger partial charge in [-0.3, -0.25) is 4.57 Å². The van der Waals surface area contributed by atoms with Gasteiger partial charge in [0.05, 0.1) is 35.3 Å². The van der Waals surface area contributed by atoms with Crippen LogP contribution in [0, 0.1) is 17.8 Å². The zero-order valence-electron chi connectivity index (χ0n) is 25.3. The molecule has 2 aromatic heterocycles. The van der Waals surface area contributed by atoms with Gasteiger partial charge >= 0.3 is 5.97 Å². The summed E-state index contributed by atoms with van der Waals surface area (Å²) < 4.78 is 16.4. The number of imidazole rings is 1. The predicted octanol–water partition coefficient (Wildman–Crippen LogP) is 7.34. The summed E-state index contributed by atoms with van der Waals surface area (Å²) in [5.74, 6) is 4.20. The number of rotatable bonds is 9. The molecule has 5 saturated carbocycles. The number of carbonyl (C=O) groups is 1. The number of aromatic nitrogens is 5. The monoisotopic (exact) mass is 591 g/mol. The molecule has 0 spiro atoms. The van der Waals surface area contributed by atoms with E-state index < -0.39 is 0 Å². The highest BCUT2D eigenvalue weighted by molar-refractivity contribution is 5.90. The summed E-state index contributed by atoms with van der Waals surface area (Å²) >= 11 is 0. The van der Waals surface area contributed by atoms with Gasteiger partial charge in [-0.1, -0.05) is 55.7 Å². The number of hydrogen-bond donors (Lipinski definition) is 0. The second kappa shape index (κ2) is 11.6. The van der Waals surface area contributed by atoms with Crippen molar-refractivity contribution in [3.63, 3.8) is 0 Å². The van der Waals surface area contributed by atoms with E-state index in [9.17, 15) is 4.79 Å². The van der Waals surface area contributed by atoms with Crippen LogP contribution in [-0.2, 0) is 22.7 Å². The smallest absolute Gasteiger partial charge is 0.338 e. The van der Waals surface area contributed by atoms with Crippen molar-refractivity contribution in [1.82, 2.24) is 24.3 Å². The van der Waals surface area contributed by atoms with Gasteiger partial charge in [-0.15, -0.1) is 5.10 Å². The van der Waals surface area contributed by atoms with Gasteiger partial charge in [0.1, 0.15) is 18.8 Å². The topological polar surface area (TPSA) is 84.1 Å². The Hall–Kier alpha value is -3.78. The Bertz CT molecular complexity index is 1580. The molecule has 5 aliphatic carbocycles. The average molecular weight is 592 g/mol. The van der Waals surface area contributed by atoms with Crippen LogP contribution >= 0.6 is 0 Å². The van der Waals surface area contributed by atoms with Gasteiger partial charge in [0, 0.05) is 5.92 Å². The van der Waals surface area contributed by atoms with Crippen molar-refractivity contribution in [2.75, 3.05) is 0 Å². The van der Waals surface area contributed by atoms with Gasteiger partial charge < -0.3 is 9.47 Å². The summed E-state index contributed by atoms with van der Waals surface area (Å²) in [5.41, 5.74) is 3.23. The molecule has 2 heterocycles. The van der Waals surface area contributed by atoms with Gasteiger partial charge in [0.2, 0.25) is 0 Å². The maximum absolute atomic E-state index is 12.9. The van der Waals surface area contributed by atoms with E-state index in [1.165, 1.54) is 57.8 Å². The fourth-order valence-electron chi connectivity index (χ4n) is 8.88. The van der Waals surface area contributed by atoms with Gasteiger partial charge in [0.15, 0.2) is 0 Å². The van der Waals surface area contributed by atoms with Crippen LogP contribution in [0.15, 0.2) is 67.1 Å². The van der Waals surface area contributed by atoms with Crippen LogP contribution in [0.4, 0.5) is 0 Å². The molecule has 5 fully saturated rings. The maximum Gasteiger partial charge on any atom is 0.338 e. The van der Waals surface area contributed by atoms with Crippen LogP contribution in [0.5, 0.6) is 0 Å². The molecule has 0 amide bonds. The highest BCUT2D eigenvalue weighted by Gasteiger charge is 2.51. The summed E-state index contributed by atoms with van der Waals surface area (Å²) in [4.78, 5) is 22.6. The molecule has 0 saturated heterocycles. The van der Waals surface area contributed by atoms with E-state index in [2.05, 4.69) is 4.57 Å². The maximum atomic E-state index is 12.9. The average Bonchev–Trinajstić information content (AvgIpc) is 3.71. The van der Waals surface area contributed by atoms with Crippen molar-refractivity contribution in [3.8, 4) is 11.6 Å². The molecule has 0 atom stereocenters. The summed E-state index contributed by atoms with van der Waals surface area (Å²) in [6, 6.07) is 17.1. The molecular weight excluding hydrogens is 550 g/mol. The second-order valence-electron chi connectivity index (χ2n) is 13.8. The minimum Gasteiger partial charge on any atom is -0.457 e. The SMILES string of the molecule is O=C(OCc1ccccc1)c1cccc(-n2cnc(-n3c(COC45CC6CC(CC(C6)C4)C5)cnc3C3CCCCC3)n2)c1. The molecule has 8 nitrogen and oxygen atoms in total. The van der Waals surface area contributed by atoms with Crippen LogP contribution < -0.4 is 0 Å². The number of ether oxygens (including phenoxy) is 2. The third-order valence-corrected chi connectivity index (χ3v) is 10.6. The molecule has 5 aliphatic rings. The zero-order valence-corrected chi connectivity index (χ0v) is 25.3. The lowest BCUT2D eigenvalue weighted by molar-refractivity contribution is -0.169. The van der Waals surface area contributed by atoms with Gasteiger partial charge in [-0.05, 0) is 92.9 Å². The van der Waals surface area contributed by atoms with Crippen molar-refractivity contribution in [2.24, 2.45) is 17.8 Å². The van der Waals surface area contributed by atoms with E-state index in [1.54, 1.807) is 23.1 Å². The molecule has 0 unspecified atom stereocenters. The third kappa shape index (κ3) is 5.49. The highest BCUT2D eigenvalue weighted by atomic mass is 16.5. The molecule has 0 aliphatic heterocycles. The first-order valence-corrected chi connectivity index (χ1v) is 16.5. The molecule has 228 valence electrons. The minimum atomic E-state index is -0.366. The van der Waals surface area contributed by atoms with E-state index in [1.807, 2.05) is 48.7 Å². The predicted molar refractivity (Wildman–Crippen MR) is 166 cm³/mol. The van der Waals surface area contributed by atoms with E-state index in [-0.39, 0.29) is 18.2 Å². The van der Waals surface area contributed by atoms with Crippen molar-refractivity contribution < 1.29 is 14.3 Å². The third-order valence-electron chi connectivity index (χ3n) is 10.6. The molecule has 0 radical (unpaired) electrons. The number of hydrogen-bond acceptors (Lipinski definition) is 6. The van der Waals surface area contributed by atoms with Crippen molar-refractivity contribution >= 4 is 5.97 Å². The van der Waals surface area contributed by atoms with Crippen LogP contribution in [0.1, 0.15) is 104 Å². The Morgan fingerprint density at radius 3 is 2.36 bits per heavy atom. The van der Waals surface area contributed by atoms with Crippen LogP contribution in [0.2, 0.25) is 0 Å². The molecule has 8 heteroatoms. The lowest BCUT2D eigenvalue weighted by atomic mass is 9.54. The highest BCUT2D eigenvalue weighted by Crippen LogP contribution is 2.57. The minimum absolute atomic E-state index is 0.0250. The zero-order chi connectivity index (χ0) is 29.5.